The van der Waals surface area contributed by atoms with Gasteiger partial charge in [-0.05, 0) is 25.7 Å². The van der Waals surface area contributed by atoms with Crippen molar-refractivity contribution in [2.75, 3.05) is 13.1 Å². The van der Waals surface area contributed by atoms with Gasteiger partial charge in [-0.25, -0.2) is 0 Å². The number of rotatable bonds is 2. The van der Waals surface area contributed by atoms with Gasteiger partial charge >= 0.3 is 0 Å². The number of ether oxygens (including phenoxy) is 1. The Bertz CT molecular complexity index is 169. The summed E-state index contributed by atoms with van der Waals surface area (Å²) in [6.07, 6.45) is 3.65. The zero-order chi connectivity index (χ0) is 9.42. The fraction of sp³-hybridized carbons (Fsp3) is 1.00. The molecule has 2 heterocycles. The predicted octanol–water partition coefficient (Wildman–Crippen LogP) is 1.89. The molecule has 13 heavy (non-hydrogen) atoms. The number of fused-ring (bicyclic) bond motifs is 2. The minimum Gasteiger partial charge on any atom is -0.372 e. The average molecular weight is 183 g/mol. The molecule has 2 rings (SSSR count). The number of hydrogen-bond acceptors (Lipinski definition) is 2. The second-order valence-corrected chi connectivity index (χ2v) is 4.90. The van der Waals surface area contributed by atoms with E-state index < -0.39 is 0 Å². The summed E-state index contributed by atoms with van der Waals surface area (Å²) in [5, 5.41) is 0. The molecule has 0 aliphatic carbocycles. The lowest BCUT2D eigenvalue weighted by molar-refractivity contribution is -0.0560. The van der Waals surface area contributed by atoms with Crippen molar-refractivity contribution in [3.63, 3.8) is 0 Å². The molecule has 0 radical (unpaired) electrons. The lowest BCUT2D eigenvalue weighted by Gasteiger charge is -2.38. The Morgan fingerprint density at radius 1 is 1.08 bits per heavy atom. The van der Waals surface area contributed by atoms with Crippen LogP contribution in [0.2, 0.25) is 0 Å². The van der Waals surface area contributed by atoms with Crippen LogP contribution in [0.3, 0.4) is 0 Å². The summed E-state index contributed by atoms with van der Waals surface area (Å²) in [6, 6.07) is 0.715. The van der Waals surface area contributed by atoms with Gasteiger partial charge in [0.2, 0.25) is 0 Å². The molecule has 2 nitrogen and oxygen atoms in total. The Balaban J connectivity index is 1.94. The zero-order valence-corrected chi connectivity index (χ0v) is 8.99. The second-order valence-electron chi connectivity index (χ2n) is 4.90. The number of morpholine rings is 1. The van der Waals surface area contributed by atoms with Crippen LogP contribution in [0.1, 0.15) is 33.6 Å². The molecular formula is C11H21NO. The largest absolute Gasteiger partial charge is 0.372 e. The van der Waals surface area contributed by atoms with Crippen LogP contribution < -0.4 is 0 Å². The van der Waals surface area contributed by atoms with Crippen LogP contribution in [-0.2, 0) is 4.74 Å². The van der Waals surface area contributed by atoms with Crippen LogP contribution >= 0.6 is 0 Å². The highest BCUT2D eigenvalue weighted by molar-refractivity contribution is 4.87. The van der Waals surface area contributed by atoms with Crippen molar-refractivity contribution in [2.45, 2.75) is 51.9 Å². The van der Waals surface area contributed by atoms with E-state index in [0.29, 0.717) is 18.2 Å². The molecule has 0 spiro atoms. The van der Waals surface area contributed by atoms with Crippen LogP contribution in [0.5, 0.6) is 0 Å². The van der Waals surface area contributed by atoms with E-state index in [-0.39, 0.29) is 0 Å². The van der Waals surface area contributed by atoms with E-state index in [4.69, 9.17) is 4.74 Å². The van der Waals surface area contributed by atoms with Gasteiger partial charge in [0.05, 0.1) is 12.2 Å². The second kappa shape index (κ2) is 3.58. The minimum atomic E-state index is 0.542. The van der Waals surface area contributed by atoms with E-state index in [1.165, 1.54) is 12.8 Å². The fourth-order valence-corrected chi connectivity index (χ4v) is 2.40. The van der Waals surface area contributed by atoms with E-state index in [1.54, 1.807) is 0 Å². The molecule has 0 aromatic rings. The van der Waals surface area contributed by atoms with Gasteiger partial charge in [0.15, 0.2) is 0 Å². The first kappa shape index (κ1) is 9.47. The molecule has 0 aromatic carbocycles. The highest BCUT2D eigenvalue weighted by Crippen LogP contribution is 2.28. The molecule has 0 N–H and O–H groups in total. The molecule has 0 saturated carbocycles. The topological polar surface area (TPSA) is 12.5 Å². The Labute approximate surface area is 81.3 Å². The summed E-state index contributed by atoms with van der Waals surface area (Å²) in [7, 11) is 0. The summed E-state index contributed by atoms with van der Waals surface area (Å²) in [5.41, 5.74) is 0. The molecule has 2 aliphatic heterocycles. The summed E-state index contributed by atoms with van der Waals surface area (Å²) >= 11 is 0. The third kappa shape index (κ3) is 1.89. The van der Waals surface area contributed by atoms with Gasteiger partial charge in [-0.3, -0.25) is 4.90 Å². The lowest BCUT2D eigenvalue weighted by Crippen LogP contribution is -2.48. The third-order valence-corrected chi connectivity index (χ3v) is 3.61. The van der Waals surface area contributed by atoms with Crippen LogP contribution in [0.4, 0.5) is 0 Å². The summed E-state index contributed by atoms with van der Waals surface area (Å²) < 4.78 is 5.82. The monoisotopic (exact) mass is 183 g/mol. The SMILES string of the molecule is CC(C)C(C)N1CC2CCC(C1)O2. The van der Waals surface area contributed by atoms with Crippen molar-refractivity contribution in [3.8, 4) is 0 Å². The minimum absolute atomic E-state index is 0.542. The highest BCUT2D eigenvalue weighted by Gasteiger charge is 2.35. The summed E-state index contributed by atoms with van der Waals surface area (Å²) in [4.78, 5) is 2.61. The van der Waals surface area contributed by atoms with Crippen LogP contribution in [0.15, 0.2) is 0 Å². The molecule has 2 aliphatic rings. The van der Waals surface area contributed by atoms with Crippen molar-refractivity contribution in [1.82, 2.24) is 4.90 Å². The Kier molecular flexibility index (Phi) is 2.61. The first-order valence-corrected chi connectivity index (χ1v) is 5.56. The molecule has 3 unspecified atom stereocenters. The normalized spacial score (nSPS) is 36.9. The van der Waals surface area contributed by atoms with Gasteiger partial charge in [-0.2, -0.15) is 0 Å². The van der Waals surface area contributed by atoms with Crippen molar-refractivity contribution >= 4 is 0 Å². The van der Waals surface area contributed by atoms with Crippen LogP contribution in [0.25, 0.3) is 0 Å². The number of nitrogens with zero attached hydrogens (tertiary/aromatic N) is 1. The predicted molar refractivity (Wildman–Crippen MR) is 53.8 cm³/mol. The van der Waals surface area contributed by atoms with Gasteiger partial charge in [0.1, 0.15) is 0 Å². The smallest absolute Gasteiger partial charge is 0.0707 e. The maximum atomic E-state index is 5.82. The fourth-order valence-electron chi connectivity index (χ4n) is 2.40. The average Bonchev–Trinajstić information content (AvgIpc) is 2.44. The molecule has 3 atom stereocenters. The van der Waals surface area contributed by atoms with Crippen molar-refractivity contribution in [2.24, 2.45) is 5.92 Å². The first-order valence-electron chi connectivity index (χ1n) is 5.56. The third-order valence-electron chi connectivity index (χ3n) is 3.61. The van der Waals surface area contributed by atoms with E-state index in [0.717, 1.165) is 19.0 Å². The molecule has 2 fully saturated rings. The van der Waals surface area contributed by atoms with Gasteiger partial charge < -0.3 is 4.74 Å². The lowest BCUT2D eigenvalue weighted by atomic mass is 10.0. The van der Waals surface area contributed by atoms with Crippen molar-refractivity contribution < 1.29 is 4.74 Å². The molecule has 2 saturated heterocycles. The molecule has 2 bridgehead atoms. The van der Waals surface area contributed by atoms with E-state index in [2.05, 4.69) is 25.7 Å². The number of likely N-dealkylation sites (tertiary alicyclic amines) is 1. The van der Waals surface area contributed by atoms with E-state index in [9.17, 15) is 0 Å². The number of hydrogen-bond donors (Lipinski definition) is 0. The highest BCUT2D eigenvalue weighted by atomic mass is 16.5. The van der Waals surface area contributed by atoms with Gasteiger partial charge in [0, 0.05) is 19.1 Å². The molecule has 0 aromatic heterocycles. The van der Waals surface area contributed by atoms with Gasteiger partial charge in [-0.15, -0.1) is 0 Å². The molecular weight excluding hydrogens is 162 g/mol. The molecule has 0 amide bonds. The first-order chi connectivity index (χ1) is 6.16. The van der Waals surface area contributed by atoms with Crippen molar-refractivity contribution in [1.29, 1.82) is 0 Å². The molecule has 2 heteroatoms. The van der Waals surface area contributed by atoms with Gasteiger partial charge in [0.25, 0.3) is 0 Å². The maximum Gasteiger partial charge on any atom is 0.0707 e. The van der Waals surface area contributed by atoms with Crippen LogP contribution in [-0.4, -0.2) is 36.2 Å². The summed E-state index contributed by atoms with van der Waals surface area (Å²) in [6.45, 7) is 9.28. The quantitative estimate of drug-likeness (QED) is 0.648. The maximum absolute atomic E-state index is 5.82. The Hall–Kier alpha value is -0.0800. The summed E-state index contributed by atoms with van der Waals surface area (Å²) in [5.74, 6) is 0.762. The van der Waals surface area contributed by atoms with Crippen molar-refractivity contribution in [3.05, 3.63) is 0 Å². The Morgan fingerprint density at radius 3 is 2.08 bits per heavy atom. The zero-order valence-electron chi connectivity index (χ0n) is 8.99. The molecule has 76 valence electrons. The van der Waals surface area contributed by atoms with E-state index in [1.807, 2.05) is 0 Å². The van der Waals surface area contributed by atoms with Crippen LogP contribution in [0, 0.1) is 5.92 Å². The standard InChI is InChI=1S/C11H21NO/c1-8(2)9(3)12-6-10-4-5-11(7-12)13-10/h8-11H,4-7H2,1-3H3. The Morgan fingerprint density at radius 2 is 1.62 bits per heavy atom. The van der Waals surface area contributed by atoms with E-state index >= 15 is 0 Å². The van der Waals surface area contributed by atoms with Gasteiger partial charge in [-0.1, -0.05) is 13.8 Å².